The van der Waals surface area contributed by atoms with Crippen LogP contribution in [-0.4, -0.2) is 41.0 Å². The number of amides is 1. The molecule has 7 nitrogen and oxygen atoms in total. The van der Waals surface area contributed by atoms with Crippen molar-refractivity contribution in [3.05, 3.63) is 52.7 Å². The molecule has 1 aromatic heterocycles. The fraction of sp³-hybridized carbons (Fsp3) is 0.333. The molecule has 0 fully saturated rings. The first kappa shape index (κ1) is 17.0. The highest BCUT2D eigenvalue weighted by Crippen LogP contribution is 2.13. The van der Waals surface area contributed by atoms with Gasteiger partial charge in [-0.1, -0.05) is 17.7 Å². The molecule has 0 N–H and O–H groups in total. The van der Waals surface area contributed by atoms with Crippen LogP contribution in [-0.2, 0) is 10.0 Å². The third-order valence-electron chi connectivity index (χ3n) is 3.56. The maximum atomic E-state index is 12.5. The van der Waals surface area contributed by atoms with Gasteiger partial charge in [-0.3, -0.25) is 0 Å². The van der Waals surface area contributed by atoms with Crippen molar-refractivity contribution in [1.29, 1.82) is 0 Å². The smallest absolute Gasteiger partial charge is 0.325 e. The number of benzene rings is 1. The number of rotatable bonds is 4. The van der Waals surface area contributed by atoms with Crippen molar-refractivity contribution in [3.63, 3.8) is 0 Å². The molecular formula is C15H19N3O4S. The predicted octanol–water partition coefficient (Wildman–Crippen LogP) is 1.51. The lowest BCUT2D eigenvalue weighted by Crippen LogP contribution is -2.40. The van der Waals surface area contributed by atoms with Gasteiger partial charge in [0.05, 0.1) is 4.90 Å². The molecule has 0 saturated carbocycles. The minimum Gasteiger partial charge on any atom is -0.325 e. The summed E-state index contributed by atoms with van der Waals surface area (Å²) in [6.45, 7) is 6.26. The molecule has 0 atom stereocenters. The number of aromatic nitrogens is 2. The van der Waals surface area contributed by atoms with E-state index in [1.165, 1.54) is 23.2 Å². The summed E-state index contributed by atoms with van der Waals surface area (Å²) in [4.78, 5) is 26.0. The molecule has 2 aromatic rings. The predicted molar refractivity (Wildman–Crippen MR) is 86.2 cm³/mol. The maximum Gasteiger partial charge on any atom is 0.350 e. The van der Waals surface area contributed by atoms with E-state index in [0.717, 1.165) is 16.3 Å². The summed E-state index contributed by atoms with van der Waals surface area (Å²) in [5.41, 5.74) is 0.00746. The van der Waals surface area contributed by atoms with Crippen molar-refractivity contribution in [1.82, 2.24) is 13.4 Å². The lowest BCUT2D eigenvalue weighted by Gasteiger charge is -2.17. The van der Waals surface area contributed by atoms with E-state index >= 15 is 0 Å². The molecule has 0 radical (unpaired) electrons. The second-order valence-corrected chi connectivity index (χ2v) is 6.83. The zero-order chi connectivity index (χ0) is 17.2. The van der Waals surface area contributed by atoms with Crippen molar-refractivity contribution in [2.24, 2.45) is 0 Å². The summed E-state index contributed by atoms with van der Waals surface area (Å²) in [6, 6.07) is 5.62. The second-order valence-electron chi connectivity index (χ2n) is 5.02. The number of hydrogen-bond donors (Lipinski definition) is 0. The summed E-state index contributed by atoms with van der Waals surface area (Å²) in [6.07, 6.45) is 2.27. The molecule has 8 heteroatoms. The molecule has 0 aliphatic rings. The van der Waals surface area contributed by atoms with Crippen LogP contribution in [0.2, 0.25) is 0 Å². The average molecular weight is 337 g/mol. The Morgan fingerprint density at radius 1 is 1.09 bits per heavy atom. The van der Waals surface area contributed by atoms with Crippen molar-refractivity contribution in [3.8, 4) is 0 Å². The van der Waals surface area contributed by atoms with Gasteiger partial charge in [0.25, 0.3) is 10.0 Å². The van der Waals surface area contributed by atoms with Crippen molar-refractivity contribution < 1.29 is 13.2 Å². The van der Waals surface area contributed by atoms with Gasteiger partial charge in [-0.25, -0.2) is 22.6 Å². The van der Waals surface area contributed by atoms with Gasteiger partial charge in [-0.05, 0) is 32.9 Å². The SMILES string of the molecule is CCN(CC)C(=O)n1ccn(S(=O)(=O)c2ccc(C)cc2)c1=O. The number of imidazole rings is 1. The minimum atomic E-state index is -4.03. The van der Waals surface area contributed by atoms with Crippen molar-refractivity contribution in [2.45, 2.75) is 25.7 Å². The molecule has 0 aliphatic heterocycles. The molecule has 0 spiro atoms. The molecule has 23 heavy (non-hydrogen) atoms. The highest BCUT2D eigenvalue weighted by atomic mass is 32.2. The zero-order valence-electron chi connectivity index (χ0n) is 13.3. The minimum absolute atomic E-state index is 0.00163. The number of nitrogens with zero attached hydrogens (tertiary/aromatic N) is 3. The molecule has 1 aromatic carbocycles. The zero-order valence-corrected chi connectivity index (χ0v) is 14.1. The number of carbonyl (C=O) groups is 1. The van der Waals surface area contributed by atoms with Crippen LogP contribution >= 0.6 is 0 Å². The topological polar surface area (TPSA) is 81.4 Å². The van der Waals surface area contributed by atoms with Gasteiger partial charge in [0.15, 0.2) is 0 Å². The van der Waals surface area contributed by atoms with Gasteiger partial charge >= 0.3 is 11.7 Å². The Bertz CT molecular complexity index is 859. The molecular weight excluding hydrogens is 318 g/mol. The first-order chi connectivity index (χ1) is 10.8. The van der Waals surface area contributed by atoms with E-state index in [2.05, 4.69) is 0 Å². The fourth-order valence-corrected chi connectivity index (χ4v) is 3.38. The first-order valence-electron chi connectivity index (χ1n) is 7.24. The van der Waals surface area contributed by atoms with E-state index in [9.17, 15) is 18.0 Å². The second kappa shape index (κ2) is 6.41. The summed E-state index contributed by atoms with van der Waals surface area (Å²) >= 11 is 0. The molecule has 0 unspecified atom stereocenters. The molecule has 124 valence electrons. The maximum absolute atomic E-state index is 12.5. The van der Waals surface area contributed by atoms with E-state index in [-0.39, 0.29) is 4.90 Å². The van der Waals surface area contributed by atoms with E-state index in [1.54, 1.807) is 26.0 Å². The van der Waals surface area contributed by atoms with E-state index in [1.807, 2.05) is 6.92 Å². The Labute approximate surface area is 134 Å². The Morgan fingerprint density at radius 2 is 1.65 bits per heavy atom. The molecule has 2 rings (SSSR count). The largest absolute Gasteiger partial charge is 0.350 e. The van der Waals surface area contributed by atoms with Crippen molar-refractivity contribution in [2.75, 3.05) is 13.1 Å². The molecule has 1 amide bonds. The Hall–Kier alpha value is -2.35. The van der Waals surface area contributed by atoms with Crippen LogP contribution in [0.3, 0.4) is 0 Å². The summed E-state index contributed by atoms with van der Waals surface area (Å²) < 4.78 is 26.5. The van der Waals surface area contributed by atoms with Crippen LogP contribution < -0.4 is 5.69 Å². The van der Waals surface area contributed by atoms with Gasteiger partial charge in [-0.2, -0.15) is 3.97 Å². The summed E-state index contributed by atoms with van der Waals surface area (Å²) in [7, 11) is -4.03. The van der Waals surface area contributed by atoms with Crippen LogP contribution in [0, 0.1) is 6.92 Å². The van der Waals surface area contributed by atoms with E-state index in [0.29, 0.717) is 17.1 Å². The average Bonchev–Trinajstić information content (AvgIpc) is 2.91. The summed E-state index contributed by atoms with van der Waals surface area (Å²) in [5, 5.41) is 0. The first-order valence-corrected chi connectivity index (χ1v) is 8.68. The van der Waals surface area contributed by atoms with Crippen LogP contribution in [0.4, 0.5) is 4.79 Å². The quantitative estimate of drug-likeness (QED) is 0.847. The van der Waals surface area contributed by atoms with Crippen molar-refractivity contribution >= 4 is 16.1 Å². The highest BCUT2D eigenvalue weighted by molar-refractivity contribution is 7.90. The van der Waals surface area contributed by atoms with Gasteiger partial charge in [0, 0.05) is 25.5 Å². The fourth-order valence-electron chi connectivity index (χ4n) is 2.16. The molecule has 0 aliphatic carbocycles. The lowest BCUT2D eigenvalue weighted by atomic mass is 10.2. The van der Waals surface area contributed by atoms with Crippen LogP contribution in [0.15, 0.2) is 46.3 Å². The van der Waals surface area contributed by atoms with E-state index in [4.69, 9.17) is 0 Å². The van der Waals surface area contributed by atoms with Crippen LogP contribution in [0.1, 0.15) is 19.4 Å². The van der Waals surface area contributed by atoms with Gasteiger partial charge in [-0.15, -0.1) is 0 Å². The third kappa shape index (κ3) is 3.07. The number of hydrogen-bond acceptors (Lipinski definition) is 4. The molecule has 0 saturated heterocycles. The summed E-state index contributed by atoms with van der Waals surface area (Å²) in [5.74, 6) is 0. The van der Waals surface area contributed by atoms with Crippen LogP contribution in [0.25, 0.3) is 0 Å². The third-order valence-corrected chi connectivity index (χ3v) is 5.23. The van der Waals surface area contributed by atoms with Gasteiger partial charge < -0.3 is 4.90 Å². The van der Waals surface area contributed by atoms with Crippen LogP contribution in [0.5, 0.6) is 0 Å². The lowest BCUT2D eigenvalue weighted by molar-refractivity contribution is 0.204. The van der Waals surface area contributed by atoms with E-state index < -0.39 is 21.7 Å². The number of carbonyl (C=O) groups excluding carboxylic acids is 1. The van der Waals surface area contributed by atoms with Gasteiger partial charge in [0.1, 0.15) is 0 Å². The Morgan fingerprint density at radius 3 is 2.17 bits per heavy atom. The highest BCUT2D eigenvalue weighted by Gasteiger charge is 2.23. The Balaban J connectivity index is 2.48. The standard InChI is InChI=1S/C15H19N3O4S/c1-4-16(5-2)14(19)17-10-11-18(15(17)20)23(21,22)13-8-6-12(3)7-9-13/h6-11H,4-5H2,1-3H3. The monoisotopic (exact) mass is 337 g/mol. The Kier molecular flexibility index (Phi) is 4.74. The molecule has 1 heterocycles. The van der Waals surface area contributed by atoms with Gasteiger partial charge in [0.2, 0.25) is 0 Å². The normalized spacial score (nSPS) is 11.4. The number of aryl methyl sites for hydroxylation is 1. The molecule has 0 bridgehead atoms.